The van der Waals surface area contributed by atoms with Crippen molar-refractivity contribution in [2.45, 2.75) is 6.04 Å². The topological polar surface area (TPSA) is 50.7 Å². The highest BCUT2D eigenvalue weighted by atomic mass is 14.9. The van der Waals surface area contributed by atoms with Gasteiger partial charge >= 0.3 is 0 Å². The second-order valence-corrected chi connectivity index (χ2v) is 16.1. The molecular formula is C58H38N4. The Morgan fingerprint density at radius 2 is 0.968 bits per heavy atom. The van der Waals surface area contributed by atoms with E-state index >= 15 is 0 Å². The molecule has 290 valence electrons. The number of aromatic nitrogens is 3. The highest BCUT2D eigenvalue weighted by Gasteiger charge is 2.21. The quantitative estimate of drug-likeness (QED) is 0.170. The van der Waals surface area contributed by atoms with Crippen molar-refractivity contribution >= 4 is 55.0 Å². The van der Waals surface area contributed by atoms with Crippen LogP contribution < -0.4 is 5.32 Å². The zero-order chi connectivity index (χ0) is 41.0. The molecule has 1 atom stereocenters. The van der Waals surface area contributed by atoms with Gasteiger partial charge in [-0.05, 0) is 102 Å². The van der Waals surface area contributed by atoms with Gasteiger partial charge in [-0.1, -0.05) is 176 Å². The Morgan fingerprint density at radius 3 is 1.69 bits per heavy atom. The zero-order valence-electron chi connectivity index (χ0n) is 33.7. The van der Waals surface area contributed by atoms with Crippen LogP contribution in [-0.4, -0.2) is 15.0 Å². The van der Waals surface area contributed by atoms with Crippen LogP contribution in [-0.2, 0) is 0 Å². The van der Waals surface area contributed by atoms with Crippen molar-refractivity contribution in [1.29, 1.82) is 0 Å². The van der Waals surface area contributed by atoms with Crippen molar-refractivity contribution in [3.8, 4) is 56.2 Å². The third-order valence-electron chi connectivity index (χ3n) is 12.3. The number of hydrogen-bond donors (Lipinski definition) is 1. The van der Waals surface area contributed by atoms with Crippen LogP contribution in [0, 0.1) is 0 Å². The van der Waals surface area contributed by atoms with Crippen molar-refractivity contribution in [2.24, 2.45) is 0 Å². The molecule has 11 aromatic rings. The first-order chi connectivity index (χ1) is 30.7. The van der Waals surface area contributed by atoms with Crippen molar-refractivity contribution < 1.29 is 0 Å². The van der Waals surface area contributed by atoms with E-state index < -0.39 is 0 Å². The average Bonchev–Trinajstić information content (AvgIpc) is 3.36. The maximum Gasteiger partial charge on any atom is 0.160 e. The van der Waals surface area contributed by atoms with Crippen LogP contribution in [0.3, 0.4) is 0 Å². The van der Waals surface area contributed by atoms with E-state index in [2.05, 4.69) is 187 Å². The maximum atomic E-state index is 5.33. The molecule has 0 aliphatic carbocycles. The van der Waals surface area contributed by atoms with Gasteiger partial charge in [0.25, 0.3) is 0 Å². The Balaban J connectivity index is 1.06. The minimum Gasteiger partial charge on any atom is -0.372 e. The first-order valence-electron chi connectivity index (χ1n) is 21.1. The van der Waals surface area contributed by atoms with Crippen molar-refractivity contribution in [1.82, 2.24) is 15.0 Å². The summed E-state index contributed by atoms with van der Waals surface area (Å²) in [5.41, 5.74) is 13.6. The Labute approximate surface area is 359 Å². The van der Waals surface area contributed by atoms with Gasteiger partial charge in [-0.2, -0.15) is 0 Å². The second-order valence-electron chi connectivity index (χ2n) is 16.1. The van der Waals surface area contributed by atoms with Crippen LogP contribution in [0.1, 0.15) is 17.2 Å². The van der Waals surface area contributed by atoms with E-state index in [0.29, 0.717) is 5.82 Å². The van der Waals surface area contributed by atoms with Crippen LogP contribution in [0.25, 0.3) is 105 Å². The molecule has 4 heteroatoms. The van der Waals surface area contributed by atoms with Gasteiger partial charge in [0, 0.05) is 28.3 Å². The first kappa shape index (κ1) is 35.7. The lowest BCUT2D eigenvalue weighted by molar-refractivity contribution is 0.981. The SMILES string of the molecule is C1=CC(c2cc(-c3ccc4c5ccccc5c5ccccc5c4c3)cc(-c3cc(-c4ccc(-c5ccccc5)cc4)nc(-c4ccccc4)n3)c2)Nc2c1ccc1cccnc21. The number of anilines is 1. The molecule has 1 aliphatic rings. The third-order valence-corrected chi connectivity index (χ3v) is 12.3. The first-order valence-corrected chi connectivity index (χ1v) is 21.1. The van der Waals surface area contributed by atoms with Crippen LogP contribution in [0.4, 0.5) is 5.69 Å². The molecule has 4 nitrogen and oxygen atoms in total. The molecule has 0 radical (unpaired) electrons. The molecule has 1 N–H and O–H groups in total. The molecule has 2 aromatic heterocycles. The lowest BCUT2D eigenvalue weighted by atomic mass is 9.89. The maximum absolute atomic E-state index is 5.33. The summed E-state index contributed by atoms with van der Waals surface area (Å²) in [7, 11) is 0. The average molecular weight is 791 g/mol. The monoisotopic (exact) mass is 790 g/mol. The van der Waals surface area contributed by atoms with Gasteiger partial charge in [0.1, 0.15) is 0 Å². The van der Waals surface area contributed by atoms with Crippen LogP contribution in [0.15, 0.2) is 212 Å². The predicted molar refractivity (Wildman–Crippen MR) is 259 cm³/mol. The normalized spacial score (nSPS) is 13.4. The second kappa shape index (κ2) is 14.8. The molecule has 1 aliphatic heterocycles. The number of fused-ring (bicyclic) bond motifs is 9. The third kappa shape index (κ3) is 6.29. The molecule has 0 saturated carbocycles. The fourth-order valence-electron chi connectivity index (χ4n) is 9.21. The minimum atomic E-state index is -0.112. The van der Waals surface area contributed by atoms with Gasteiger partial charge in [0.2, 0.25) is 0 Å². The lowest BCUT2D eigenvalue weighted by Gasteiger charge is -2.25. The number of nitrogens with zero attached hydrogens (tertiary/aromatic N) is 3. The molecule has 0 amide bonds. The molecule has 1 unspecified atom stereocenters. The van der Waals surface area contributed by atoms with E-state index in [-0.39, 0.29) is 6.04 Å². The minimum absolute atomic E-state index is 0.112. The standard InChI is InChI=1S/C58H38N4/c1-3-12-37(13-4-1)38-21-23-39(24-22-38)54-36-55(62-58(61-54)42-14-5-2-6-15-42)46-33-44(32-45(34-46)53-30-28-41-26-25-40-16-11-31-59-56(40)57(41)60-53)43-27-29-51-49-19-8-7-17-47(49)48-18-9-10-20-50(48)52(51)35-43/h1-36,53,60H. The Bertz CT molecular complexity index is 3500. The number of benzene rings is 9. The van der Waals surface area contributed by atoms with E-state index in [1.54, 1.807) is 0 Å². The van der Waals surface area contributed by atoms with E-state index in [9.17, 15) is 0 Å². The molecular weight excluding hydrogens is 753 g/mol. The van der Waals surface area contributed by atoms with Crippen LogP contribution >= 0.6 is 0 Å². The summed E-state index contributed by atoms with van der Waals surface area (Å²) in [4.78, 5) is 15.3. The Hall–Kier alpha value is -8.21. The summed E-state index contributed by atoms with van der Waals surface area (Å²) >= 11 is 0. The van der Waals surface area contributed by atoms with E-state index in [0.717, 1.165) is 72.5 Å². The lowest BCUT2D eigenvalue weighted by Crippen LogP contribution is -2.13. The number of nitrogens with one attached hydrogen (secondary N) is 1. The fourth-order valence-corrected chi connectivity index (χ4v) is 9.21. The predicted octanol–water partition coefficient (Wildman–Crippen LogP) is 15.0. The molecule has 0 fully saturated rings. The number of pyridine rings is 1. The molecule has 0 bridgehead atoms. The molecule has 62 heavy (non-hydrogen) atoms. The summed E-state index contributed by atoms with van der Waals surface area (Å²) in [6.07, 6.45) is 6.35. The molecule has 12 rings (SSSR count). The Morgan fingerprint density at radius 1 is 0.387 bits per heavy atom. The molecule has 0 saturated heterocycles. The largest absolute Gasteiger partial charge is 0.372 e. The van der Waals surface area contributed by atoms with Gasteiger partial charge in [-0.25, -0.2) is 9.97 Å². The molecule has 3 heterocycles. The van der Waals surface area contributed by atoms with Crippen molar-refractivity contribution in [3.63, 3.8) is 0 Å². The highest BCUT2D eigenvalue weighted by Crippen LogP contribution is 2.41. The summed E-state index contributed by atoms with van der Waals surface area (Å²) in [6.45, 7) is 0. The highest BCUT2D eigenvalue weighted by molar-refractivity contribution is 6.25. The van der Waals surface area contributed by atoms with Gasteiger partial charge in [-0.15, -0.1) is 0 Å². The van der Waals surface area contributed by atoms with Gasteiger partial charge in [-0.3, -0.25) is 4.98 Å². The van der Waals surface area contributed by atoms with Crippen molar-refractivity contribution in [3.05, 3.63) is 224 Å². The molecule has 0 spiro atoms. The van der Waals surface area contributed by atoms with Crippen LogP contribution in [0.5, 0.6) is 0 Å². The fraction of sp³-hybridized carbons (Fsp3) is 0.0172. The zero-order valence-corrected chi connectivity index (χ0v) is 33.7. The van der Waals surface area contributed by atoms with E-state index in [4.69, 9.17) is 15.0 Å². The van der Waals surface area contributed by atoms with E-state index in [1.165, 1.54) is 37.9 Å². The van der Waals surface area contributed by atoms with E-state index in [1.807, 2.05) is 36.5 Å². The summed E-state index contributed by atoms with van der Waals surface area (Å²) < 4.78 is 0. The van der Waals surface area contributed by atoms with Gasteiger partial charge in [0.15, 0.2) is 5.82 Å². The smallest absolute Gasteiger partial charge is 0.160 e. The summed E-state index contributed by atoms with van der Waals surface area (Å²) in [6, 6.07) is 71.3. The van der Waals surface area contributed by atoms with Gasteiger partial charge < -0.3 is 5.32 Å². The van der Waals surface area contributed by atoms with Gasteiger partial charge in [0.05, 0.1) is 28.6 Å². The Kier molecular flexibility index (Phi) is 8.53. The van der Waals surface area contributed by atoms with Crippen LogP contribution in [0.2, 0.25) is 0 Å². The van der Waals surface area contributed by atoms with Crippen molar-refractivity contribution in [2.75, 3.05) is 5.32 Å². The molecule has 9 aromatic carbocycles. The number of rotatable bonds is 6. The summed E-state index contributed by atoms with van der Waals surface area (Å²) in [5.74, 6) is 0.684. The number of hydrogen-bond acceptors (Lipinski definition) is 4. The summed E-state index contributed by atoms with van der Waals surface area (Å²) in [5, 5.41) is 12.5.